The molecule has 7 nitrogen and oxygen atoms in total. The number of hydrogen-bond donors (Lipinski definition) is 2. The van der Waals surface area contributed by atoms with Crippen molar-refractivity contribution < 1.29 is 19.5 Å². The Hall–Kier alpha value is -1.96. The van der Waals surface area contributed by atoms with Gasteiger partial charge in [-0.2, -0.15) is 0 Å². The van der Waals surface area contributed by atoms with E-state index in [-0.39, 0.29) is 24.7 Å². The van der Waals surface area contributed by atoms with E-state index in [0.29, 0.717) is 0 Å². The molecule has 21 heavy (non-hydrogen) atoms. The molecule has 1 aromatic rings. The Bertz CT molecular complexity index is 533. The van der Waals surface area contributed by atoms with E-state index in [0.717, 1.165) is 9.37 Å². The van der Waals surface area contributed by atoms with Crippen molar-refractivity contribution in [2.45, 2.75) is 19.9 Å². The van der Waals surface area contributed by atoms with Crippen molar-refractivity contribution in [1.82, 2.24) is 15.2 Å². The molecule has 2 amide bonds. The topological polar surface area (TPSA) is 99.6 Å². The normalized spacial score (nSPS) is 11.6. The molecule has 0 saturated heterocycles. The highest BCUT2D eigenvalue weighted by atomic mass is 79.9. The monoisotopic (exact) mass is 357 g/mol. The van der Waals surface area contributed by atoms with Crippen LogP contribution in [-0.4, -0.2) is 51.9 Å². The van der Waals surface area contributed by atoms with E-state index in [4.69, 9.17) is 5.11 Å². The van der Waals surface area contributed by atoms with Crippen molar-refractivity contribution in [1.29, 1.82) is 0 Å². The molecule has 0 bridgehead atoms. The van der Waals surface area contributed by atoms with Crippen molar-refractivity contribution in [3.8, 4) is 0 Å². The number of rotatable bonds is 6. The minimum atomic E-state index is -1.12. The fraction of sp³-hybridized carbons (Fsp3) is 0.385. The molecule has 1 atom stereocenters. The third-order valence-corrected chi connectivity index (χ3v) is 3.23. The Balaban J connectivity index is 2.88. The molecule has 1 rings (SSSR count). The smallest absolute Gasteiger partial charge is 0.326 e. The lowest BCUT2D eigenvalue weighted by molar-refractivity contribution is -0.141. The second kappa shape index (κ2) is 7.72. The predicted octanol–water partition coefficient (Wildman–Crippen LogP) is 0.895. The zero-order valence-electron chi connectivity index (χ0n) is 11.7. The Morgan fingerprint density at radius 3 is 2.57 bits per heavy atom. The van der Waals surface area contributed by atoms with E-state index in [9.17, 15) is 14.4 Å². The van der Waals surface area contributed by atoms with Gasteiger partial charge in [0.05, 0.1) is 0 Å². The van der Waals surface area contributed by atoms with Gasteiger partial charge in [-0.3, -0.25) is 9.59 Å². The van der Waals surface area contributed by atoms with Crippen LogP contribution in [0, 0.1) is 0 Å². The van der Waals surface area contributed by atoms with E-state index in [1.54, 1.807) is 6.07 Å². The van der Waals surface area contributed by atoms with Crippen LogP contribution < -0.4 is 5.32 Å². The van der Waals surface area contributed by atoms with Crippen LogP contribution in [0.15, 0.2) is 22.8 Å². The molecule has 114 valence electrons. The maximum atomic E-state index is 12.3. The van der Waals surface area contributed by atoms with E-state index in [1.807, 2.05) is 0 Å². The maximum Gasteiger partial charge on any atom is 0.326 e. The maximum absolute atomic E-state index is 12.3. The highest BCUT2D eigenvalue weighted by Gasteiger charge is 2.26. The summed E-state index contributed by atoms with van der Waals surface area (Å²) in [4.78, 5) is 39.5. The third-order valence-electron chi connectivity index (χ3n) is 2.76. The molecule has 8 heteroatoms. The van der Waals surface area contributed by atoms with Crippen LogP contribution >= 0.6 is 15.9 Å². The second-order valence-electron chi connectivity index (χ2n) is 4.36. The summed E-state index contributed by atoms with van der Waals surface area (Å²) in [6.45, 7) is 3.02. The standard InChI is InChI=1S/C13H16BrN3O4/c1-8(13(20)21)17(6-5-15-9(2)18)12(19)11-4-3-10(14)7-16-11/h3-4,7-8H,5-6H2,1-2H3,(H,15,18)(H,20,21). The molecule has 0 radical (unpaired) electrons. The number of carboxylic acids is 1. The second-order valence-corrected chi connectivity index (χ2v) is 5.27. The lowest BCUT2D eigenvalue weighted by Gasteiger charge is -2.26. The molecular formula is C13H16BrN3O4. The van der Waals surface area contributed by atoms with E-state index in [1.165, 1.54) is 26.1 Å². The van der Waals surface area contributed by atoms with Gasteiger partial charge in [-0.25, -0.2) is 9.78 Å². The van der Waals surface area contributed by atoms with Gasteiger partial charge in [0.2, 0.25) is 5.91 Å². The van der Waals surface area contributed by atoms with Crippen LogP contribution in [0.5, 0.6) is 0 Å². The number of hydrogen-bond acceptors (Lipinski definition) is 4. The third kappa shape index (κ3) is 5.14. The number of pyridine rings is 1. The zero-order valence-corrected chi connectivity index (χ0v) is 13.3. The van der Waals surface area contributed by atoms with Crippen LogP contribution in [0.3, 0.4) is 0 Å². The van der Waals surface area contributed by atoms with Gasteiger partial charge in [0, 0.05) is 30.7 Å². The molecular weight excluding hydrogens is 342 g/mol. The average Bonchev–Trinajstić information content (AvgIpc) is 2.42. The highest BCUT2D eigenvalue weighted by molar-refractivity contribution is 9.10. The number of carbonyl (C=O) groups excluding carboxylic acids is 2. The molecule has 0 aliphatic heterocycles. The van der Waals surface area contributed by atoms with Crippen LogP contribution in [0.2, 0.25) is 0 Å². The number of carboxylic acid groups (broad SMARTS) is 1. The number of nitrogens with zero attached hydrogens (tertiary/aromatic N) is 2. The lowest BCUT2D eigenvalue weighted by atomic mass is 10.2. The Morgan fingerprint density at radius 2 is 2.10 bits per heavy atom. The number of nitrogens with one attached hydrogen (secondary N) is 1. The summed E-state index contributed by atoms with van der Waals surface area (Å²) in [5.41, 5.74) is 0.147. The van der Waals surface area contributed by atoms with Crippen molar-refractivity contribution >= 4 is 33.7 Å². The van der Waals surface area contributed by atoms with E-state index < -0.39 is 17.9 Å². The number of aromatic nitrogens is 1. The largest absolute Gasteiger partial charge is 0.480 e. The predicted molar refractivity (Wildman–Crippen MR) is 78.8 cm³/mol. The minimum Gasteiger partial charge on any atom is -0.480 e. The molecule has 0 aliphatic rings. The molecule has 0 aromatic carbocycles. The Labute approximate surface area is 130 Å². The Morgan fingerprint density at radius 1 is 1.43 bits per heavy atom. The molecule has 1 aromatic heterocycles. The number of halogens is 1. The molecule has 1 heterocycles. The van der Waals surface area contributed by atoms with Gasteiger partial charge in [0.1, 0.15) is 11.7 Å². The summed E-state index contributed by atoms with van der Waals surface area (Å²) in [5.74, 6) is -1.86. The summed E-state index contributed by atoms with van der Waals surface area (Å²) in [5, 5.41) is 11.6. The van der Waals surface area contributed by atoms with Gasteiger partial charge in [-0.15, -0.1) is 0 Å². The van der Waals surface area contributed by atoms with E-state index >= 15 is 0 Å². The van der Waals surface area contributed by atoms with Crippen molar-refractivity contribution in [2.75, 3.05) is 13.1 Å². The van der Waals surface area contributed by atoms with E-state index in [2.05, 4.69) is 26.2 Å². The first kappa shape index (κ1) is 17.1. The fourth-order valence-corrected chi connectivity index (χ4v) is 1.84. The van der Waals surface area contributed by atoms with Crippen molar-refractivity contribution in [2.24, 2.45) is 0 Å². The van der Waals surface area contributed by atoms with Crippen LogP contribution in [0.25, 0.3) is 0 Å². The molecule has 2 N–H and O–H groups in total. The molecule has 1 unspecified atom stereocenters. The summed E-state index contributed by atoms with van der Waals surface area (Å²) in [6.07, 6.45) is 1.46. The fourth-order valence-electron chi connectivity index (χ4n) is 1.61. The first-order valence-corrected chi connectivity index (χ1v) is 7.02. The average molecular weight is 358 g/mol. The van der Waals surface area contributed by atoms with Crippen LogP contribution in [0.4, 0.5) is 0 Å². The molecule has 0 saturated carbocycles. The quantitative estimate of drug-likeness (QED) is 0.787. The highest BCUT2D eigenvalue weighted by Crippen LogP contribution is 2.11. The van der Waals surface area contributed by atoms with Crippen molar-refractivity contribution in [3.05, 3.63) is 28.5 Å². The van der Waals surface area contributed by atoms with Gasteiger partial charge in [0.15, 0.2) is 0 Å². The van der Waals surface area contributed by atoms with Gasteiger partial charge < -0.3 is 15.3 Å². The molecule has 0 spiro atoms. The SMILES string of the molecule is CC(=O)NCCN(C(=O)c1ccc(Br)cn1)C(C)C(=O)O. The summed E-state index contributed by atoms with van der Waals surface area (Å²) in [6, 6.07) is 2.14. The van der Waals surface area contributed by atoms with Gasteiger partial charge in [0.25, 0.3) is 5.91 Å². The molecule has 0 aliphatic carbocycles. The van der Waals surface area contributed by atoms with Crippen molar-refractivity contribution in [3.63, 3.8) is 0 Å². The summed E-state index contributed by atoms with van der Waals surface area (Å²) >= 11 is 3.21. The van der Waals surface area contributed by atoms with Gasteiger partial charge in [-0.05, 0) is 35.0 Å². The Kier molecular flexibility index (Phi) is 6.29. The number of aliphatic carboxylic acids is 1. The van der Waals surface area contributed by atoms with Crippen LogP contribution in [-0.2, 0) is 9.59 Å². The van der Waals surface area contributed by atoms with Crippen LogP contribution in [0.1, 0.15) is 24.3 Å². The lowest BCUT2D eigenvalue weighted by Crippen LogP contribution is -2.47. The summed E-state index contributed by atoms with van der Waals surface area (Å²) < 4.78 is 0.718. The molecule has 0 fully saturated rings. The first-order chi connectivity index (χ1) is 9.82. The number of amides is 2. The minimum absolute atomic E-state index is 0.0869. The summed E-state index contributed by atoms with van der Waals surface area (Å²) in [7, 11) is 0. The van der Waals surface area contributed by atoms with Gasteiger partial charge in [-0.1, -0.05) is 0 Å². The zero-order chi connectivity index (χ0) is 16.0. The van der Waals surface area contributed by atoms with Gasteiger partial charge >= 0.3 is 5.97 Å². The number of carbonyl (C=O) groups is 3. The first-order valence-electron chi connectivity index (χ1n) is 6.22.